The van der Waals surface area contributed by atoms with Gasteiger partial charge in [-0.25, -0.2) is 17.6 Å². The molecule has 9 nitrogen and oxygen atoms in total. The van der Waals surface area contributed by atoms with Gasteiger partial charge in [0.1, 0.15) is 17.3 Å². The highest BCUT2D eigenvalue weighted by atomic mass is 32.2. The van der Waals surface area contributed by atoms with Crippen LogP contribution in [0.4, 0.5) is 15.8 Å². The number of esters is 1. The highest BCUT2D eigenvalue weighted by molar-refractivity contribution is 7.92. The van der Waals surface area contributed by atoms with Crippen LogP contribution < -0.4 is 19.5 Å². The molecule has 0 bridgehead atoms. The number of amides is 1. The molecule has 0 unspecified atom stereocenters. The second-order valence-corrected chi connectivity index (χ2v) is 8.48. The first-order chi connectivity index (χ1) is 16.2. The van der Waals surface area contributed by atoms with Crippen LogP contribution in [0.1, 0.15) is 10.4 Å². The van der Waals surface area contributed by atoms with Crippen molar-refractivity contribution in [3.63, 3.8) is 0 Å². The molecular formula is C23H21FN2O7S. The van der Waals surface area contributed by atoms with Gasteiger partial charge in [0.15, 0.2) is 6.61 Å². The van der Waals surface area contributed by atoms with Gasteiger partial charge in [0.05, 0.1) is 36.1 Å². The van der Waals surface area contributed by atoms with E-state index in [2.05, 4.69) is 10.0 Å². The fraction of sp³-hybridized carbons (Fsp3) is 0.130. The van der Waals surface area contributed by atoms with Crippen LogP contribution in [0.5, 0.6) is 11.5 Å². The maximum atomic E-state index is 13.1. The molecule has 0 atom stereocenters. The zero-order chi connectivity index (χ0) is 24.7. The minimum absolute atomic E-state index is 0.0632. The largest absolute Gasteiger partial charge is 0.497 e. The van der Waals surface area contributed by atoms with Crippen molar-refractivity contribution in [2.75, 3.05) is 30.9 Å². The van der Waals surface area contributed by atoms with E-state index in [1.807, 2.05) is 0 Å². The Morgan fingerprint density at radius 2 is 1.62 bits per heavy atom. The van der Waals surface area contributed by atoms with E-state index in [9.17, 15) is 22.4 Å². The Balaban J connectivity index is 1.69. The zero-order valence-corrected chi connectivity index (χ0v) is 19.0. The predicted molar refractivity (Wildman–Crippen MR) is 122 cm³/mol. The molecule has 3 aromatic carbocycles. The van der Waals surface area contributed by atoms with Gasteiger partial charge < -0.3 is 19.5 Å². The molecule has 0 saturated heterocycles. The molecule has 1 amide bonds. The van der Waals surface area contributed by atoms with Crippen molar-refractivity contribution in [1.29, 1.82) is 0 Å². The molecule has 0 aliphatic rings. The first-order valence-corrected chi connectivity index (χ1v) is 11.3. The smallest absolute Gasteiger partial charge is 0.340 e. The van der Waals surface area contributed by atoms with Crippen LogP contribution in [0.3, 0.4) is 0 Å². The van der Waals surface area contributed by atoms with Gasteiger partial charge in [0, 0.05) is 6.07 Å². The summed E-state index contributed by atoms with van der Waals surface area (Å²) in [7, 11) is -1.20. The summed E-state index contributed by atoms with van der Waals surface area (Å²) in [6.45, 7) is -0.641. The Hall–Kier alpha value is -4.12. The van der Waals surface area contributed by atoms with Gasteiger partial charge in [-0.2, -0.15) is 0 Å². The Morgan fingerprint density at radius 1 is 0.912 bits per heavy atom. The minimum Gasteiger partial charge on any atom is -0.497 e. The van der Waals surface area contributed by atoms with E-state index < -0.39 is 34.3 Å². The Kier molecular flexibility index (Phi) is 7.69. The molecule has 0 aliphatic heterocycles. The van der Waals surface area contributed by atoms with Crippen molar-refractivity contribution >= 4 is 33.3 Å². The molecule has 0 aliphatic carbocycles. The zero-order valence-electron chi connectivity index (χ0n) is 18.2. The van der Waals surface area contributed by atoms with E-state index in [0.717, 1.165) is 24.3 Å². The van der Waals surface area contributed by atoms with Crippen LogP contribution in [0.2, 0.25) is 0 Å². The number of para-hydroxylation sites is 1. The van der Waals surface area contributed by atoms with Crippen LogP contribution in [0.25, 0.3) is 0 Å². The molecule has 2 N–H and O–H groups in total. The van der Waals surface area contributed by atoms with Gasteiger partial charge in [-0.1, -0.05) is 12.1 Å². The predicted octanol–water partition coefficient (Wildman–Crippen LogP) is 3.44. The first kappa shape index (κ1) is 24.5. The highest BCUT2D eigenvalue weighted by Gasteiger charge is 2.20. The first-order valence-electron chi connectivity index (χ1n) is 9.80. The number of hydrogen-bond donors (Lipinski definition) is 2. The molecule has 0 radical (unpaired) electrons. The number of rotatable bonds is 9. The van der Waals surface area contributed by atoms with Crippen molar-refractivity contribution in [3.8, 4) is 11.5 Å². The van der Waals surface area contributed by atoms with Gasteiger partial charge in [0.2, 0.25) is 0 Å². The van der Waals surface area contributed by atoms with E-state index >= 15 is 0 Å². The summed E-state index contributed by atoms with van der Waals surface area (Å²) < 4.78 is 55.9. The second kappa shape index (κ2) is 10.7. The molecule has 178 valence electrons. The summed E-state index contributed by atoms with van der Waals surface area (Å²) in [5, 5.41) is 2.56. The normalized spacial score (nSPS) is 10.8. The van der Waals surface area contributed by atoms with Crippen LogP contribution in [0.15, 0.2) is 71.6 Å². The summed E-state index contributed by atoms with van der Waals surface area (Å²) in [5.74, 6) is -1.31. The molecule has 3 rings (SSSR count). The molecule has 0 fully saturated rings. The molecule has 0 saturated carbocycles. The van der Waals surface area contributed by atoms with Crippen LogP contribution in [0, 0.1) is 5.82 Å². The van der Waals surface area contributed by atoms with Crippen molar-refractivity contribution < 1.29 is 36.6 Å². The topological polar surface area (TPSA) is 120 Å². The lowest BCUT2D eigenvalue weighted by molar-refractivity contribution is -0.119. The van der Waals surface area contributed by atoms with Gasteiger partial charge >= 0.3 is 5.97 Å². The average molecular weight is 488 g/mol. The number of hydrogen-bond acceptors (Lipinski definition) is 7. The molecule has 34 heavy (non-hydrogen) atoms. The summed E-state index contributed by atoms with van der Waals surface area (Å²) in [6, 6.07) is 14.7. The van der Waals surface area contributed by atoms with Gasteiger partial charge in [-0.3, -0.25) is 9.52 Å². The van der Waals surface area contributed by atoms with E-state index in [0.29, 0.717) is 17.2 Å². The van der Waals surface area contributed by atoms with Crippen LogP contribution in [-0.2, 0) is 19.6 Å². The third-order valence-electron chi connectivity index (χ3n) is 4.53. The second-order valence-electron chi connectivity index (χ2n) is 6.80. The van der Waals surface area contributed by atoms with Gasteiger partial charge in [0.25, 0.3) is 15.9 Å². The number of ether oxygens (including phenoxy) is 3. The van der Waals surface area contributed by atoms with Crippen molar-refractivity contribution in [2.45, 2.75) is 4.90 Å². The summed E-state index contributed by atoms with van der Waals surface area (Å²) in [5.41, 5.74) is 0.141. The number of carbonyl (C=O) groups excluding carboxylic acids is 2. The fourth-order valence-corrected chi connectivity index (χ4v) is 3.95. The maximum absolute atomic E-state index is 13.1. The molecule has 3 aromatic rings. The lowest BCUT2D eigenvalue weighted by atomic mass is 10.2. The number of methoxy groups -OCH3 is 2. The molecular weight excluding hydrogens is 467 g/mol. The Morgan fingerprint density at radius 3 is 2.29 bits per heavy atom. The number of sulfonamides is 1. The monoisotopic (exact) mass is 488 g/mol. The highest BCUT2D eigenvalue weighted by Crippen LogP contribution is 2.29. The quantitative estimate of drug-likeness (QED) is 0.443. The number of halogens is 1. The SMILES string of the molecule is COc1ccc(OC)c(NC(=O)COC(=O)c2ccccc2NS(=O)(=O)c2ccc(F)cc2)c1. The third-order valence-corrected chi connectivity index (χ3v) is 5.91. The standard InChI is InChI=1S/C23H21FN2O7S/c1-31-16-9-12-21(32-2)20(13-16)25-22(27)14-33-23(28)18-5-3-4-6-19(18)26-34(29,30)17-10-7-15(24)8-11-17/h3-13,26H,14H2,1-2H3,(H,25,27). The van der Waals surface area contributed by atoms with E-state index in [-0.39, 0.29) is 16.1 Å². The van der Waals surface area contributed by atoms with E-state index in [4.69, 9.17) is 14.2 Å². The van der Waals surface area contributed by atoms with Crippen LogP contribution in [-0.4, -0.2) is 41.1 Å². The summed E-state index contributed by atoms with van der Waals surface area (Å²) >= 11 is 0. The summed E-state index contributed by atoms with van der Waals surface area (Å²) in [6.07, 6.45) is 0. The molecule has 0 spiro atoms. The number of anilines is 2. The fourth-order valence-electron chi connectivity index (χ4n) is 2.87. The number of nitrogens with one attached hydrogen (secondary N) is 2. The minimum atomic E-state index is -4.10. The third kappa shape index (κ3) is 6.01. The maximum Gasteiger partial charge on any atom is 0.340 e. The number of carbonyl (C=O) groups is 2. The van der Waals surface area contributed by atoms with Crippen molar-refractivity contribution in [2.24, 2.45) is 0 Å². The molecule has 0 heterocycles. The Bertz CT molecular complexity index is 1290. The van der Waals surface area contributed by atoms with E-state index in [1.165, 1.54) is 44.6 Å². The van der Waals surface area contributed by atoms with E-state index in [1.54, 1.807) is 12.1 Å². The summed E-state index contributed by atoms with van der Waals surface area (Å²) in [4.78, 5) is 24.7. The number of benzene rings is 3. The molecule has 11 heteroatoms. The lowest BCUT2D eigenvalue weighted by Crippen LogP contribution is -2.22. The van der Waals surface area contributed by atoms with Crippen molar-refractivity contribution in [1.82, 2.24) is 0 Å². The molecule has 0 aromatic heterocycles. The lowest BCUT2D eigenvalue weighted by Gasteiger charge is -2.13. The van der Waals surface area contributed by atoms with Gasteiger partial charge in [-0.15, -0.1) is 0 Å². The average Bonchev–Trinajstić information content (AvgIpc) is 2.83. The van der Waals surface area contributed by atoms with Crippen LogP contribution >= 0.6 is 0 Å². The Labute approximate surface area is 195 Å². The van der Waals surface area contributed by atoms with Gasteiger partial charge in [-0.05, 0) is 48.5 Å². The van der Waals surface area contributed by atoms with Crippen molar-refractivity contribution in [3.05, 3.63) is 78.1 Å².